The lowest BCUT2D eigenvalue weighted by Gasteiger charge is -2.38. The molecule has 1 aromatic rings. The van der Waals surface area contributed by atoms with Gasteiger partial charge >= 0.3 is 0 Å². The maximum absolute atomic E-state index is 5.90. The van der Waals surface area contributed by atoms with Crippen molar-refractivity contribution < 1.29 is 9.47 Å². The Morgan fingerprint density at radius 2 is 2.11 bits per heavy atom. The molecule has 4 nitrogen and oxygen atoms in total. The molecule has 2 fully saturated rings. The highest BCUT2D eigenvalue weighted by Gasteiger charge is 2.29. The van der Waals surface area contributed by atoms with E-state index in [4.69, 9.17) is 9.47 Å². The van der Waals surface area contributed by atoms with E-state index in [1.54, 1.807) is 0 Å². The summed E-state index contributed by atoms with van der Waals surface area (Å²) in [7, 11) is 0. The number of nitrogens with one attached hydrogen (secondary N) is 1. The maximum atomic E-state index is 5.90. The third kappa shape index (κ3) is 3.54. The van der Waals surface area contributed by atoms with E-state index in [1.807, 2.05) is 0 Å². The van der Waals surface area contributed by atoms with Crippen LogP contribution in [0.1, 0.15) is 5.56 Å². The summed E-state index contributed by atoms with van der Waals surface area (Å²) >= 11 is 0. The molecule has 3 rings (SSSR count). The second kappa shape index (κ2) is 6.48. The van der Waals surface area contributed by atoms with E-state index in [-0.39, 0.29) is 6.10 Å². The average Bonchev–Trinajstić information content (AvgIpc) is 2.49. The molecule has 0 saturated carbocycles. The Balaban J connectivity index is 1.55. The summed E-state index contributed by atoms with van der Waals surface area (Å²) in [5.74, 6) is 0. The molecule has 1 N–H and O–H groups in total. The molecule has 104 valence electrons. The summed E-state index contributed by atoms with van der Waals surface area (Å²) in [6, 6.07) is 11.0. The van der Waals surface area contributed by atoms with E-state index < -0.39 is 0 Å². The van der Waals surface area contributed by atoms with Gasteiger partial charge in [-0.2, -0.15) is 0 Å². The van der Waals surface area contributed by atoms with E-state index in [1.165, 1.54) is 5.56 Å². The molecule has 4 heteroatoms. The molecule has 0 aliphatic carbocycles. The van der Waals surface area contributed by atoms with Gasteiger partial charge in [0.15, 0.2) is 0 Å². The maximum Gasteiger partial charge on any atom is 0.0877 e. The van der Waals surface area contributed by atoms with E-state index >= 15 is 0 Å². The van der Waals surface area contributed by atoms with E-state index in [0.29, 0.717) is 6.04 Å². The number of morpholine rings is 2. The molecular formula is C15H22N2O2. The fraction of sp³-hybridized carbons (Fsp3) is 0.600. The molecule has 2 saturated heterocycles. The molecule has 0 spiro atoms. The van der Waals surface area contributed by atoms with Gasteiger partial charge < -0.3 is 14.8 Å². The Bertz CT molecular complexity index is 379. The first-order chi connectivity index (χ1) is 9.42. The average molecular weight is 262 g/mol. The summed E-state index contributed by atoms with van der Waals surface area (Å²) in [4.78, 5) is 2.47. The monoisotopic (exact) mass is 262 g/mol. The first-order valence-corrected chi connectivity index (χ1v) is 7.11. The number of hydrogen-bond donors (Lipinski definition) is 1. The molecule has 2 aliphatic heterocycles. The molecule has 2 atom stereocenters. The molecule has 2 heterocycles. The number of ether oxygens (including phenoxy) is 2. The van der Waals surface area contributed by atoms with Crippen LogP contribution in [0.25, 0.3) is 0 Å². The zero-order chi connectivity index (χ0) is 12.9. The van der Waals surface area contributed by atoms with Crippen LogP contribution in [0.2, 0.25) is 0 Å². The van der Waals surface area contributed by atoms with Crippen molar-refractivity contribution >= 4 is 0 Å². The largest absolute Gasteiger partial charge is 0.378 e. The Kier molecular flexibility index (Phi) is 4.45. The zero-order valence-electron chi connectivity index (χ0n) is 11.3. The SMILES string of the molecule is c1ccc(CN2CCOC(C3COCCN3)C2)cc1. The topological polar surface area (TPSA) is 33.7 Å². The summed E-state index contributed by atoms with van der Waals surface area (Å²) in [6.45, 7) is 6.34. The highest BCUT2D eigenvalue weighted by molar-refractivity contribution is 5.14. The molecule has 0 aromatic heterocycles. The van der Waals surface area contributed by atoms with Crippen molar-refractivity contribution in [2.24, 2.45) is 0 Å². The lowest BCUT2D eigenvalue weighted by atomic mass is 10.1. The van der Waals surface area contributed by atoms with Gasteiger partial charge in [0, 0.05) is 26.2 Å². The minimum absolute atomic E-state index is 0.248. The molecular weight excluding hydrogens is 240 g/mol. The van der Waals surface area contributed by atoms with Crippen LogP contribution in [0.5, 0.6) is 0 Å². The molecule has 0 amide bonds. The van der Waals surface area contributed by atoms with Crippen LogP contribution in [0, 0.1) is 0 Å². The fourth-order valence-corrected chi connectivity index (χ4v) is 2.78. The van der Waals surface area contributed by atoms with Crippen LogP contribution in [0.15, 0.2) is 30.3 Å². The number of nitrogens with zero attached hydrogens (tertiary/aromatic N) is 1. The first-order valence-electron chi connectivity index (χ1n) is 7.11. The smallest absolute Gasteiger partial charge is 0.0877 e. The van der Waals surface area contributed by atoms with Crippen molar-refractivity contribution in [1.29, 1.82) is 0 Å². The predicted octanol–water partition coefficient (Wildman–Crippen LogP) is 0.876. The van der Waals surface area contributed by atoms with E-state index in [0.717, 1.165) is 46.0 Å². The number of hydrogen-bond acceptors (Lipinski definition) is 4. The van der Waals surface area contributed by atoms with Crippen molar-refractivity contribution in [3.63, 3.8) is 0 Å². The molecule has 1 aromatic carbocycles. The van der Waals surface area contributed by atoms with Crippen molar-refractivity contribution in [2.75, 3.05) is 39.5 Å². The highest BCUT2D eigenvalue weighted by Crippen LogP contribution is 2.14. The molecule has 2 unspecified atom stereocenters. The Morgan fingerprint density at radius 1 is 1.21 bits per heavy atom. The molecule has 19 heavy (non-hydrogen) atoms. The summed E-state index contributed by atoms with van der Waals surface area (Å²) < 4.78 is 11.4. The Labute approximate surface area is 114 Å². The molecule has 0 radical (unpaired) electrons. The minimum Gasteiger partial charge on any atom is -0.378 e. The van der Waals surface area contributed by atoms with Gasteiger partial charge in [0.25, 0.3) is 0 Å². The number of rotatable bonds is 3. The lowest BCUT2D eigenvalue weighted by molar-refractivity contribution is -0.0735. The summed E-state index contributed by atoms with van der Waals surface area (Å²) in [6.07, 6.45) is 0.248. The lowest BCUT2D eigenvalue weighted by Crippen LogP contribution is -2.56. The van der Waals surface area contributed by atoms with Crippen molar-refractivity contribution in [2.45, 2.75) is 18.7 Å². The summed E-state index contributed by atoms with van der Waals surface area (Å²) in [5.41, 5.74) is 1.37. The van der Waals surface area contributed by atoms with Crippen molar-refractivity contribution in [3.05, 3.63) is 35.9 Å². The Hall–Kier alpha value is -0.940. The zero-order valence-corrected chi connectivity index (χ0v) is 11.3. The quantitative estimate of drug-likeness (QED) is 0.876. The van der Waals surface area contributed by atoms with Crippen LogP contribution in [-0.4, -0.2) is 56.5 Å². The van der Waals surface area contributed by atoms with Crippen molar-refractivity contribution in [1.82, 2.24) is 10.2 Å². The third-order valence-corrected chi connectivity index (χ3v) is 3.83. The van der Waals surface area contributed by atoms with E-state index in [2.05, 4.69) is 40.5 Å². The van der Waals surface area contributed by atoms with Crippen LogP contribution in [-0.2, 0) is 16.0 Å². The van der Waals surface area contributed by atoms with Gasteiger partial charge in [-0.25, -0.2) is 0 Å². The molecule has 2 aliphatic rings. The van der Waals surface area contributed by atoms with Gasteiger partial charge in [-0.1, -0.05) is 30.3 Å². The van der Waals surface area contributed by atoms with Gasteiger partial charge in [0.05, 0.1) is 32.0 Å². The van der Waals surface area contributed by atoms with Crippen LogP contribution in [0.4, 0.5) is 0 Å². The van der Waals surface area contributed by atoms with Crippen molar-refractivity contribution in [3.8, 4) is 0 Å². The first kappa shape index (κ1) is 13.1. The third-order valence-electron chi connectivity index (χ3n) is 3.83. The minimum atomic E-state index is 0.248. The Morgan fingerprint density at radius 3 is 2.89 bits per heavy atom. The normalized spacial score (nSPS) is 29.3. The number of benzene rings is 1. The second-order valence-electron chi connectivity index (χ2n) is 5.27. The molecule has 0 bridgehead atoms. The van der Waals surface area contributed by atoms with Gasteiger partial charge in [-0.3, -0.25) is 4.90 Å². The van der Waals surface area contributed by atoms with Gasteiger partial charge in [0.2, 0.25) is 0 Å². The second-order valence-corrected chi connectivity index (χ2v) is 5.27. The van der Waals surface area contributed by atoms with Gasteiger partial charge in [-0.05, 0) is 5.56 Å². The fourth-order valence-electron chi connectivity index (χ4n) is 2.78. The van der Waals surface area contributed by atoms with Crippen LogP contribution < -0.4 is 5.32 Å². The predicted molar refractivity (Wildman–Crippen MR) is 74.1 cm³/mol. The van der Waals surface area contributed by atoms with E-state index in [9.17, 15) is 0 Å². The van der Waals surface area contributed by atoms with Gasteiger partial charge in [0.1, 0.15) is 0 Å². The van der Waals surface area contributed by atoms with Gasteiger partial charge in [-0.15, -0.1) is 0 Å². The van der Waals surface area contributed by atoms with Crippen LogP contribution in [0.3, 0.4) is 0 Å². The van der Waals surface area contributed by atoms with Crippen LogP contribution >= 0.6 is 0 Å². The summed E-state index contributed by atoms with van der Waals surface area (Å²) in [5, 5.41) is 3.50. The standard InChI is InChI=1S/C15H22N2O2/c1-2-4-13(5-3-1)10-17-7-9-19-15(11-17)14-12-18-8-6-16-14/h1-5,14-16H,6-12H2. The highest BCUT2D eigenvalue weighted by atomic mass is 16.5.